The van der Waals surface area contributed by atoms with Crippen molar-refractivity contribution in [3.05, 3.63) is 40.6 Å². The quantitative estimate of drug-likeness (QED) is 0.800. The van der Waals surface area contributed by atoms with Crippen molar-refractivity contribution in [3.8, 4) is 0 Å². The van der Waals surface area contributed by atoms with E-state index in [-0.39, 0.29) is 5.78 Å². The molecule has 1 aromatic rings. The van der Waals surface area contributed by atoms with Crippen molar-refractivity contribution in [1.82, 2.24) is 0 Å². The van der Waals surface area contributed by atoms with E-state index in [0.29, 0.717) is 6.42 Å². The van der Waals surface area contributed by atoms with Crippen molar-refractivity contribution in [2.75, 3.05) is 5.32 Å². The van der Waals surface area contributed by atoms with Gasteiger partial charge in [0.05, 0.1) is 0 Å². The van der Waals surface area contributed by atoms with Crippen molar-refractivity contribution in [2.45, 2.75) is 32.6 Å². The van der Waals surface area contributed by atoms with Gasteiger partial charge in [-0.25, -0.2) is 0 Å². The van der Waals surface area contributed by atoms with Crippen LogP contribution < -0.4 is 5.32 Å². The predicted molar refractivity (Wildman–Crippen MR) is 71.4 cm³/mol. The number of ketones is 1. The molecule has 2 nitrogen and oxygen atoms in total. The average molecular weight is 250 g/mol. The Balaban J connectivity index is 2.13. The molecule has 1 aliphatic rings. The third-order valence-electron chi connectivity index (χ3n) is 3.13. The molecule has 90 valence electrons. The number of carbonyl (C=O) groups excluding carboxylic acids is 1. The fourth-order valence-electron chi connectivity index (χ4n) is 1.98. The Hall–Kier alpha value is -1.28. The Morgan fingerprint density at radius 3 is 2.82 bits per heavy atom. The van der Waals surface area contributed by atoms with Gasteiger partial charge in [0, 0.05) is 28.9 Å². The lowest BCUT2D eigenvalue weighted by Gasteiger charge is -2.13. The van der Waals surface area contributed by atoms with Crippen LogP contribution in [0.1, 0.15) is 31.2 Å². The summed E-state index contributed by atoms with van der Waals surface area (Å²) in [6, 6.07) is 5.73. The number of rotatable bonds is 2. The lowest BCUT2D eigenvalue weighted by atomic mass is 9.94. The Kier molecular flexibility index (Phi) is 3.85. The number of allylic oxidation sites excluding steroid dienone is 1. The number of nitrogens with one attached hydrogen (secondary N) is 1. The molecule has 1 saturated carbocycles. The van der Waals surface area contributed by atoms with Gasteiger partial charge < -0.3 is 5.32 Å². The van der Waals surface area contributed by atoms with E-state index in [1.807, 2.05) is 31.3 Å². The van der Waals surface area contributed by atoms with Gasteiger partial charge in [0.2, 0.25) is 0 Å². The molecule has 0 atom stereocenters. The largest absolute Gasteiger partial charge is 0.361 e. The van der Waals surface area contributed by atoms with Crippen LogP contribution in [0, 0.1) is 6.92 Å². The maximum absolute atomic E-state index is 11.6. The molecule has 0 bridgehead atoms. The standard InChI is InChI=1S/C14H16ClNO/c1-10-12(15)6-4-7-13(10)16-9-11-5-2-3-8-14(11)17/h4,6-7,9,16H,2-3,5,8H2,1H3/b11-9+. The summed E-state index contributed by atoms with van der Waals surface area (Å²) in [5.74, 6) is 0.267. The topological polar surface area (TPSA) is 29.1 Å². The normalized spacial score (nSPS) is 18.5. The third-order valence-corrected chi connectivity index (χ3v) is 3.54. The van der Waals surface area contributed by atoms with Gasteiger partial charge in [-0.05, 0) is 43.9 Å². The molecule has 1 fully saturated rings. The van der Waals surface area contributed by atoms with Gasteiger partial charge in [-0.1, -0.05) is 17.7 Å². The molecule has 1 N–H and O–H groups in total. The summed E-state index contributed by atoms with van der Waals surface area (Å²) in [7, 11) is 0. The molecule has 0 radical (unpaired) electrons. The molecule has 1 aliphatic carbocycles. The zero-order chi connectivity index (χ0) is 12.3. The van der Waals surface area contributed by atoms with Crippen LogP contribution in [-0.4, -0.2) is 5.78 Å². The van der Waals surface area contributed by atoms with Gasteiger partial charge in [-0.15, -0.1) is 0 Å². The van der Waals surface area contributed by atoms with Crippen LogP contribution in [0.25, 0.3) is 0 Å². The van der Waals surface area contributed by atoms with Gasteiger partial charge in [0.25, 0.3) is 0 Å². The highest BCUT2D eigenvalue weighted by Gasteiger charge is 2.14. The average Bonchev–Trinajstić information content (AvgIpc) is 2.33. The third kappa shape index (κ3) is 2.89. The second-order valence-corrected chi connectivity index (χ2v) is 4.76. The lowest BCUT2D eigenvalue weighted by Crippen LogP contribution is -2.10. The fraction of sp³-hybridized carbons (Fsp3) is 0.357. The molecule has 0 unspecified atom stereocenters. The Labute approximate surface area is 107 Å². The first-order valence-corrected chi connectivity index (χ1v) is 6.30. The van der Waals surface area contributed by atoms with E-state index in [0.717, 1.165) is 41.1 Å². The molecule has 0 aromatic heterocycles. The van der Waals surface area contributed by atoms with Crippen LogP contribution in [-0.2, 0) is 4.79 Å². The maximum Gasteiger partial charge on any atom is 0.160 e. The smallest absolute Gasteiger partial charge is 0.160 e. The molecule has 17 heavy (non-hydrogen) atoms. The predicted octanol–water partition coefficient (Wildman–Crippen LogP) is 4.09. The molecule has 1 aromatic carbocycles. The number of hydrogen-bond donors (Lipinski definition) is 1. The van der Waals surface area contributed by atoms with Gasteiger partial charge in [0.15, 0.2) is 5.78 Å². The molecule has 0 amide bonds. The number of benzene rings is 1. The van der Waals surface area contributed by atoms with Crippen molar-refractivity contribution < 1.29 is 4.79 Å². The van der Waals surface area contributed by atoms with E-state index in [1.165, 1.54) is 0 Å². The van der Waals surface area contributed by atoms with Gasteiger partial charge in [-0.2, -0.15) is 0 Å². The van der Waals surface area contributed by atoms with Crippen LogP contribution in [0.15, 0.2) is 30.0 Å². The SMILES string of the molecule is Cc1c(Cl)cccc1N/C=C1\CCCCC1=O. The molecule has 3 heteroatoms. The monoisotopic (exact) mass is 249 g/mol. The first-order valence-electron chi connectivity index (χ1n) is 5.92. The van der Waals surface area contributed by atoms with E-state index in [2.05, 4.69) is 5.32 Å². The van der Waals surface area contributed by atoms with Crippen molar-refractivity contribution in [2.24, 2.45) is 0 Å². The zero-order valence-electron chi connectivity index (χ0n) is 9.92. The summed E-state index contributed by atoms with van der Waals surface area (Å²) in [4.78, 5) is 11.6. The highest BCUT2D eigenvalue weighted by molar-refractivity contribution is 6.31. The minimum atomic E-state index is 0.267. The Morgan fingerprint density at radius 1 is 1.29 bits per heavy atom. The zero-order valence-corrected chi connectivity index (χ0v) is 10.7. The van der Waals surface area contributed by atoms with Gasteiger partial charge in [-0.3, -0.25) is 4.79 Å². The molecular formula is C14H16ClNO. The molecular weight excluding hydrogens is 234 g/mol. The second-order valence-electron chi connectivity index (χ2n) is 4.36. The number of carbonyl (C=O) groups is 1. The van der Waals surface area contributed by atoms with E-state index in [9.17, 15) is 4.79 Å². The number of Topliss-reactive ketones (excluding diaryl/α,β-unsaturated/α-hetero) is 1. The minimum absolute atomic E-state index is 0.267. The number of anilines is 1. The summed E-state index contributed by atoms with van der Waals surface area (Å²) in [5.41, 5.74) is 2.87. The van der Waals surface area contributed by atoms with E-state index < -0.39 is 0 Å². The molecule has 0 aliphatic heterocycles. The van der Waals surface area contributed by atoms with Crippen LogP contribution in [0.5, 0.6) is 0 Å². The van der Waals surface area contributed by atoms with Crippen LogP contribution >= 0.6 is 11.6 Å². The lowest BCUT2D eigenvalue weighted by molar-refractivity contribution is -0.116. The number of hydrogen-bond acceptors (Lipinski definition) is 2. The van der Waals surface area contributed by atoms with Gasteiger partial charge >= 0.3 is 0 Å². The highest BCUT2D eigenvalue weighted by atomic mass is 35.5. The summed E-state index contributed by atoms with van der Waals surface area (Å²) >= 11 is 6.04. The maximum atomic E-state index is 11.6. The van der Waals surface area contributed by atoms with Crippen LogP contribution in [0.2, 0.25) is 5.02 Å². The first-order chi connectivity index (χ1) is 8.18. The summed E-state index contributed by atoms with van der Waals surface area (Å²) in [6.45, 7) is 1.96. The number of halogens is 1. The highest BCUT2D eigenvalue weighted by Crippen LogP contribution is 2.24. The van der Waals surface area contributed by atoms with Crippen molar-refractivity contribution >= 4 is 23.1 Å². The summed E-state index contributed by atoms with van der Waals surface area (Å²) < 4.78 is 0. The van der Waals surface area contributed by atoms with Crippen molar-refractivity contribution in [3.63, 3.8) is 0 Å². The van der Waals surface area contributed by atoms with Crippen molar-refractivity contribution in [1.29, 1.82) is 0 Å². The minimum Gasteiger partial charge on any atom is -0.361 e. The Morgan fingerprint density at radius 2 is 2.06 bits per heavy atom. The molecule has 2 rings (SSSR count). The second kappa shape index (κ2) is 5.37. The van der Waals surface area contributed by atoms with Crippen LogP contribution in [0.3, 0.4) is 0 Å². The molecule has 0 spiro atoms. The van der Waals surface area contributed by atoms with E-state index >= 15 is 0 Å². The molecule has 0 saturated heterocycles. The summed E-state index contributed by atoms with van der Waals surface area (Å²) in [6.07, 6.45) is 5.52. The first kappa shape index (κ1) is 12.2. The Bertz CT molecular complexity index is 465. The van der Waals surface area contributed by atoms with Gasteiger partial charge in [0.1, 0.15) is 0 Å². The fourth-order valence-corrected chi connectivity index (χ4v) is 2.16. The summed E-state index contributed by atoms with van der Waals surface area (Å²) in [5, 5.41) is 3.93. The van der Waals surface area contributed by atoms with Crippen LogP contribution in [0.4, 0.5) is 5.69 Å². The van der Waals surface area contributed by atoms with E-state index in [1.54, 1.807) is 0 Å². The molecule has 0 heterocycles. The van der Waals surface area contributed by atoms with E-state index in [4.69, 9.17) is 11.6 Å².